The van der Waals surface area contributed by atoms with E-state index in [0.29, 0.717) is 31.1 Å². The Balaban J connectivity index is 1.97. The van der Waals surface area contributed by atoms with Crippen LogP contribution in [0.25, 0.3) is 0 Å². The highest BCUT2D eigenvalue weighted by atomic mass is 79.9. The molecule has 0 fully saturated rings. The van der Waals surface area contributed by atoms with Crippen LogP contribution >= 0.6 is 15.9 Å². The molecule has 126 valence electrons. The van der Waals surface area contributed by atoms with E-state index in [1.165, 1.54) is 0 Å². The number of rotatable bonds is 5. The monoisotopic (exact) mass is 389 g/mol. The van der Waals surface area contributed by atoms with E-state index in [1.807, 2.05) is 50.2 Å². The number of ether oxygens (including phenoxy) is 2. The van der Waals surface area contributed by atoms with Crippen LogP contribution in [-0.2, 0) is 0 Å². The second-order valence-electron chi connectivity index (χ2n) is 5.57. The molecule has 0 radical (unpaired) electrons. The average molecular weight is 390 g/mol. The van der Waals surface area contributed by atoms with Crippen molar-refractivity contribution in [2.45, 2.75) is 26.3 Å². The van der Waals surface area contributed by atoms with Crippen molar-refractivity contribution >= 4 is 27.4 Å². The van der Waals surface area contributed by atoms with E-state index in [2.05, 4.69) is 21.2 Å². The zero-order valence-electron chi connectivity index (χ0n) is 13.8. The van der Waals surface area contributed by atoms with Gasteiger partial charge in [0.25, 0.3) is 0 Å². The maximum Gasteiger partial charge on any atom is 0.175 e. The van der Waals surface area contributed by atoms with Gasteiger partial charge >= 0.3 is 0 Å². The van der Waals surface area contributed by atoms with Crippen molar-refractivity contribution in [3.8, 4) is 11.5 Å². The van der Waals surface area contributed by atoms with Crippen molar-refractivity contribution in [1.29, 1.82) is 0 Å². The molecule has 0 spiro atoms. The van der Waals surface area contributed by atoms with Crippen molar-refractivity contribution in [3.63, 3.8) is 0 Å². The largest absolute Gasteiger partial charge is 0.490 e. The molecular weight excluding hydrogens is 370 g/mol. The van der Waals surface area contributed by atoms with E-state index >= 15 is 0 Å². The lowest BCUT2D eigenvalue weighted by Gasteiger charge is -2.27. The molecule has 1 unspecified atom stereocenters. The smallest absolute Gasteiger partial charge is 0.175 e. The van der Waals surface area contributed by atoms with E-state index in [-0.39, 0.29) is 11.8 Å². The highest BCUT2D eigenvalue weighted by Crippen LogP contribution is 2.41. The van der Waals surface area contributed by atoms with Crippen LogP contribution in [0.15, 0.2) is 40.9 Å². The first-order valence-electron chi connectivity index (χ1n) is 8.11. The summed E-state index contributed by atoms with van der Waals surface area (Å²) in [4.78, 5) is 12.4. The van der Waals surface area contributed by atoms with Crippen LogP contribution in [0.4, 0.5) is 5.69 Å². The molecule has 2 aromatic carbocycles. The van der Waals surface area contributed by atoms with Gasteiger partial charge < -0.3 is 14.8 Å². The Labute approximate surface area is 150 Å². The molecule has 2 aromatic rings. The van der Waals surface area contributed by atoms with E-state index in [1.54, 1.807) is 0 Å². The molecule has 0 aliphatic carbocycles. The molecule has 24 heavy (non-hydrogen) atoms. The molecule has 0 aromatic heterocycles. The van der Waals surface area contributed by atoms with Gasteiger partial charge in [-0.1, -0.05) is 12.1 Å². The van der Waals surface area contributed by atoms with E-state index in [0.717, 1.165) is 21.3 Å². The molecule has 1 atom stereocenters. The zero-order chi connectivity index (χ0) is 17.1. The lowest BCUT2D eigenvalue weighted by atomic mass is 9.92. The summed E-state index contributed by atoms with van der Waals surface area (Å²) in [6, 6.07) is 11.5. The summed E-state index contributed by atoms with van der Waals surface area (Å²) in [5, 5.41) is 3.45. The Morgan fingerprint density at radius 1 is 1.17 bits per heavy atom. The van der Waals surface area contributed by atoms with Crippen LogP contribution < -0.4 is 14.8 Å². The molecular formula is C19H20BrNO3. The third-order valence-electron chi connectivity index (χ3n) is 3.97. The molecule has 1 aliphatic heterocycles. The number of benzene rings is 2. The van der Waals surface area contributed by atoms with Gasteiger partial charge in [-0.3, -0.25) is 4.79 Å². The van der Waals surface area contributed by atoms with Gasteiger partial charge in [0.2, 0.25) is 0 Å². The lowest BCUT2D eigenvalue weighted by Crippen LogP contribution is -2.22. The second-order valence-corrected chi connectivity index (χ2v) is 6.42. The fraction of sp³-hybridized carbons (Fsp3) is 0.316. The Morgan fingerprint density at radius 3 is 2.67 bits per heavy atom. The summed E-state index contributed by atoms with van der Waals surface area (Å²) in [5.74, 6) is 1.54. The molecule has 3 rings (SSSR count). The van der Waals surface area contributed by atoms with Crippen LogP contribution in [-0.4, -0.2) is 19.0 Å². The number of nitrogens with one attached hydrogen (secondary N) is 1. The quantitative estimate of drug-likeness (QED) is 0.782. The molecule has 0 saturated carbocycles. The topological polar surface area (TPSA) is 47.6 Å². The lowest BCUT2D eigenvalue weighted by molar-refractivity contribution is 0.0972. The molecule has 0 bridgehead atoms. The number of Topliss-reactive ketones (excluding diaryl/α,β-unsaturated/α-hetero) is 1. The first-order chi connectivity index (χ1) is 11.6. The third kappa shape index (κ3) is 3.26. The number of para-hydroxylation sites is 1. The number of carbonyl (C=O) groups excluding carboxylic acids is 1. The van der Waals surface area contributed by atoms with Crippen molar-refractivity contribution in [2.75, 3.05) is 18.5 Å². The fourth-order valence-electron chi connectivity index (χ4n) is 2.92. The molecule has 0 saturated heterocycles. The van der Waals surface area contributed by atoms with Crippen molar-refractivity contribution in [3.05, 3.63) is 52.0 Å². The van der Waals surface area contributed by atoms with Crippen LogP contribution in [0.1, 0.15) is 42.2 Å². The summed E-state index contributed by atoms with van der Waals surface area (Å²) in [6.45, 7) is 4.99. The van der Waals surface area contributed by atoms with Crippen LogP contribution in [0.3, 0.4) is 0 Å². The number of fused-ring (bicyclic) bond motifs is 1. The summed E-state index contributed by atoms with van der Waals surface area (Å²) in [5.41, 5.74) is 2.63. The second kappa shape index (κ2) is 7.26. The zero-order valence-corrected chi connectivity index (χ0v) is 15.4. The molecule has 1 N–H and O–H groups in total. The van der Waals surface area contributed by atoms with Gasteiger partial charge in [-0.05, 0) is 59.6 Å². The van der Waals surface area contributed by atoms with Crippen molar-refractivity contribution in [1.82, 2.24) is 0 Å². The van der Waals surface area contributed by atoms with E-state index < -0.39 is 0 Å². The number of halogens is 1. The standard InChI is InChI=1S/C19H20BrNO3/c1-3-23-18-10-12(9-14(20)19(18)24-4-2)16-11-17(22)13-7-5-6-8-15(13)21-16/h5-10,16,21H,3-4,11H2,1-2H3. The summed E-state index contributed by atoms with van der Waals surface area (Å²) in [6.07, 6.45) is 0.420. The Hall–Kier alpha value is -2.01. The number of hydrogen-bond donors (Lipinski definition) is 1. The predicted octanol–water partition coefficient (Wildman–Crippen LogP) is 4.99. The molecule has 1 aliphatic rings. The van der Waals surface area contributed by atoms with Gasteiger partial charge in [0, 0.05) is 17.7 Å². The maximum absolute atomic E-state index is 12.4. The first kappa shape index (κ1) is 16.8. The number of ketones is 1. The van der Waals surface area contributed by atoms with Gasteiger partial charge in [-0.25, -0.2) is 0 Å². The van der Waals surface area contributed by atoms with Crippen LogP contribution in [0.2, 0.25) is 0 Å². The van der Waals surface area contributed by atoms with Gasteiger partial charge in [-0.15, -0.1) is 0 Å². The predicted molar refractivity (Wildman–Crippen MR) is 98.2 cm³/mol. The normalized spacial score (nSPS) is 16.3. The van der Waals surface area contributed by atoms with Crippen molar-refractivity contribution < 1.29 is 14.3 Å². The number of hydrogen-bond acceptors (Lipinski definition) is 4. The number of carbonyl (C=O) groups is 1. The van der Waals surface area contributed by atoms with Gasteiger partial charge in [0.05, 0.1) is 23.7 Å². The molecule has 4 nitrogen and oxygen atoms in total. The Bertz CT molecular complexity index is 760. The minimum atomic E-state index is -0.0846. The van der Waals surface area contributed by atoms with Gasteiger partial charge in [0.1, 0.15) is 0 Å². The van der Waals surface area contributed by atoms with Crippen LogP contribution in [0.5, 0.6) is 11.5 Å². The third-order valence-corrected chi connectivity index (χ3v) is 4.56. The van der Waals surface area contributed by atoms with E-state index in [9.17, 15) is 4.79 Å². The highest BCUT2D eigenvalue weighted by Gasteiger charge is 2.26. The van der Waals surface area contributed by atoms with E-state index in [4.69, 9.17) is 9.47 Å². The van der Waals surface area contributed by atoms with Gasteiger partial charge in [-0.2, -0.15) is 0 Å². The molecule has 0 amide bonds. The maximum atomic E-state index is 12.4. The summed E-state index contributed by atoms with van der Waals surface area (Å²) in [7, 11) is 0. The minimum absolute atomic E-state index is 0.0846. The highest BCUT2D eigenvalue weighted by molar-refractivity contribution is 9.10. The van der Waals surface area contributed by atoms with Crippen molar-refractivity contribution in [2.24, 2.45) is 0 Å². The van der Waals surface area contributed by atoms with Gasteiger partial charge in [0.15, 0.2) is 17.3 Å². The summed E-state index contributed by atoms with van der Waals surface area (Å²) >= 11 is 3.56. The Kier molecular flexibility index (Phi) is 5.09. The summed E-state index contributed by atoms with van der Waals surface area (Å²) < 4.78 is 12.2. The average Bonchev–Trinajstić information content (AvgIpc) is 2.58. The fourth-order valence-corrected chi connectivity index (χ4v) is 3.50. The first-order valence-corrected chi connectivity index (χ1v) is 8.91. The Morgan fingerprint density at radius 2 is 1.92 bits per heavy atom. The minimum Gasteiger partial charge on any atom is -0.490 e. The molecule has 5 heteroatoms. The number of anilines is 1. The molecule has 1 heterocycles. The SMILES string of the molecule is CCOc1cc(C2CC(=O)c3ccccc3N2)cc(Br)c1OCC. The van der Waals surface area contributed by atoms with Crippen LogP contribution in [0, 0.1) is 0 Å².